The van der Waals surface area contributed by atoms with E-state index in [4.69, 9.17) is 29.4 Å². The molecule has 0 unspecified atom stereocenters. The third-order valence-electron chi connectivity index (χ3n) is 5.12. The smallest absolute Gasteiger partial charge is 0.167 e. The average molecular weight is 377 g/mol. The van der Waals surface area contributed by atoms with Gasteiger partial charge in [-0.3, -0.25) is 4.57 Å². The van der Waals surface area contributed by atoms with E-state index in [0.29, 0.717) is 23.6 Å². The molecule has 3 aliphatic rings. The van der Waals surface area contributed by atoms with Crippen LogP contribution in [0, 0.1) is 0 Å². The predicted molar refractivity (Wildman–Crippen MR) is 92.4 cm³/mol. The van der Waals surface area contributed by atoms with E-state index in [1.807, 2.05) is 32.3 Å². The molecule has 0 aromatic carbocycles. The molecule has 10 nitrogen and oxygen atoms in total. The SMILES string of the molecule is CC1(C)O[C@H]2[C@@H](O1)[C@H](n1cnc3c(N)ncnc31)O[C@H]2[C@H]1COC(C)(C)O1. The molecule has 146 valence electrons. The molecule has 2 aromatic heterocycles. The maximum Gasteiger partial charge on any atom is 0.167 e. The zero-order chi connectivity index (χ0) is 19.0. The molecule has 3 aliphatic heterocycles. The zero-order valence-electron chi connectivity index (χ0n) is 15.7. The molecule has 0 amide bonds. The highest BCUT2D eigenvalue weighted by molar-refractivity contribution is 5.81. The summed E-state index contributed by atoms with van der Waals surface area (Å²) in [6.45, 7) is 7.98. The van der Waals surface area contributed by atoms with E-state index in [1.54, 1.807) is 6.33 Å². The van der Waals surface area contributed by atoms with Crippen LogP contribution < -0.4 is 5.73 Å². The first-order valence-corrected chi connectivity index (χ1v) is 9.00. The second-order valence-electron chi connectivity index (χ2n) is 8.01. The molecule has 0 bridgehead atoms. The van der Waals surface area contributed by atoms with Crippen molar-refractivity contribution in [3.8, 4) is 0 Å². The van der Waals surface area contributed by atoms with Gasteiger partial charge in [-0.15, -0.1) is 0 Å². The summed E-state index contributed by atoms with van der Waals surface area (Å²) in [5.74, 6) is -1.06. The Bertz CT molecular complexity index is 884. The molecule has 5 atom stereocenters. The van der Waals surface area contributed by atoms with Gasteiger partial charge >= 0.3 is 0 Å². The normalized spacial score (nSPS) is 37.1. The summed E-state index contributed by atoms with van der Waals surface area (Å²) in [5, 5.41) is 0. The van der Waals surface area contributed by atoms with Crippen molar-refractivity contribution in [1.29, 1.82) is 0 Å². The van der Waals surface area contributed by atoms with Crippen molar-refractivity contribution in [1.82, 2.24) is 19.5 Å². The zero-order valence-corrected chi connectivity index (χ0v) is 15.7. The van der Waals surface area contributed by atoms with Crippen molar-refractivity contribution in [2.45, 2.75) is 69.9 Å². The van der Waals surface area contributed by atoms with Gasteiger partial charge in [-0.1, -0.05) is 0 Å². The molecule has 2 N–H and O–H groups in total. The van der Waals surface area contributed by atoms with Crippen LogP contribution in [0.25, 0.3) is 11.2 Å². The van der Waals surface area contributed by atoms with Gasteiger partial charge in [0.15, 0.2) is 29.3 Å². The van der Waals surface area contributed by atoms with Crippen LogP contribution in [0.3, 0.4) is 0 Å². The molecular formula is C17H23N5O5. The second kappa shape index (κ2) is 5.58. The van der Waals surface area contributed by atoms with Crippen molar-refractivity contribution in [2.24, 2.45) is 0 Å². The Morgan fingerprint density at radius 3 is 2.52 bits per heavy atom. The summed E-state index contributed by atoms with van der Waals surface area (Å²) >= 11 is 0. The van der Waals surface area contributed by atoms with E-state index in [-0.39, 0.29) is 24.4 Å². The lowest BCUT2D eigenvalue weighted by Gasteiger charge is -2.27. The highest BCUT2D eigenvalue weighted by Gasteiger charge is 2.59. The van der Waals surface area contributed by atoms with Gasteiger partial charge in [-0.25, -0.2) is 15.0 Å². The summed E-state index contributed by atoms with van der Waals surface area (Å²) in [6.07, 6.45) is 1.32. The maximum atomic E-state index is 6.36. The third-order valence-corrected chi connectivity index (χ3v) is 5.12. The van der Waals surface area contributed by atoms with Gasteiger partial charge in [0.1, 0.15) is 36.3 Å². The molecule has 10 heteroatoms. The summed E-state index contributed by atoms with van der Waals surface area (Å²) in [6, 6.07) is 0. The molecule has 0 spiro atoms. The summed E-state index contributed by atoms with van der Waals surface area (Å²) in [4.78, 5) is 12.6. The Morgan fingerprint density at radius 1 is 1.00 bits per heavy atom. The van der Waals surface area contributed by atoms with E-state index in [1.165, 1.54) is 6.33 Å². The lowest BCUT2D eigenvalue weighted by atomic mass is 10.1. The number of imidazole rings is 1. The molecule has 2 aromatic rings. The molecule has 3 saturated heterocycles. The molecule has 27 heavy (non-hydrogen) atoms. The standard InChI is InChI=1S/C17H23N5O5/c1-16(2)23-5-8(25-16)10-11-12(27-17(3,4)26-11)15(24-10)22-7-21-9-13(18)19-6-20-14(9)22/h6-8,10-12,15H,5H2,1-4H3,(H2,18,19,20)/t8-,10+,11-,12-,15-/m1/s1. The van der Waals surface area contributed by atoms with Crippen molar-refractivity contribution in [3.05, 3.63) is 12.7 Å². The largest absolute Gasteiger partial charge is 0.382 e. The van der Waals surface area contributed by atoms with Gasteiger partial charge in [0.05, 0.1) is 12.9 Å². The van der Waals surface area contributed by atoms with Crippen molar-refractivity contribution in [3.63, 3.8) is 0 Å². The lowest BCUT2D eigenvalue weighted by Crippen LogP contribution is -2.40. The van der Waals surface area contributed by atoms with Gasteiger partial charge < -0.3 is 29.4 Å². The van der Waals surface area contributed by atoms with Crippen molar-refractivity contribution in [2.75, 3.05) is 12.3 Å². The Labute approximate surface area is 155 Å². The van der Waals surface area contributed by atoms with E-state index in [0.717, 1.165) is 0 Å². The minimum atomic E-state index is -0.727. The number of rotatable bonds is 2. The quantitative estimate of drug-likeness (QED) is 0.817. The molecule has 5 rings (SSSR count). The Balaban J connectivity index is 1.52. The first-order valence-electron chi connectivity index (χ1n) is 9.00. The molecule has 0 radical (unpaired) electrons. The third kappa shape index (κ3) is 2.71. The van der Waals surface area contributed by atoms with E-state index >= 15 is 0 Å². The molecule has 0 saturated carbocycles. The predicted octanol–water partition coefficient (Wildman–Crippen LogP) is 0.977. The number of nitrogens with two attached hydrogens (primary N) is 1. The number of anilines is 1. The topological polar surface area (TPSA) is 116 Å². The van der Waals surface area contributed by atoms with Crippen LogP contribution in [0.5, 0.6) is 0 Å². The molecule has 3 fully saturated rings. The fourth-order valence-corrected chi connectivity index (χ4v) is 4.06. The number of aromatic nitrogens is 4. The van der Waals surface area contributed by atoms with Gasteiger partial charge in [0, 0.05) is 0 Å². The van der Waals surface area contributed by atoms with Crippen LogP contribution >= 0.6 is 0 Å². The number of fused-ring (bicyclic) bond motifs is 2. The minimum absolute atomic E-state index is 0.260. The Kier molecular flexibility index (Phi) is 3.57. The van der Waals surface area contributed by atoms with Crippen molar-refractivity contribution >= 4 is 17.0 Å². The van der Waals surface area contributed by atoms with Crippen LogP contribution in [0.1, 0.15) is 33.9 Å². The van der Waals surface area contributed by atoms with E-state index in [9.17, 15) is 0 Å². The summed E-state index contributed by atoms with van der Waals surface area (Å²) in [5.41, 5.74) is 7.03. The summed E-state index contributed by atoms with van der Waals surface area (Å²) < 4.78 is 32.2. The second-order valence-corrected chi connectivity index (χ2v) is 8.01. The van der Waals surface area contributed by atoms with Crippen LogP contribution in [0.4, 0.5) is 5.82 Å². The van der Waals surface area contributed by atoms with Gasteiger partial charge in [0.2, 0.25) is 0 Å². The molecule has 0 aliphatic carbocycles. The van der Waals surface area contributed by atoms with Crippen LogP contribution in [0.15, 0.2) is 12.7 Å². The first-order chi connectivity index (χ1) is 12.7. The van der Waals surface area contributed by atoms with Crippen LogP contribution in [0.2, 0.25) is 0 Å². The molecule has 5 heterocycles. The Hall–Kier alpha value is -1.85. The summed E-state index contributed by atoms with van der Waals surface area (Å²) in [7, 11) is 0. The van der Waals surface area contributed by atoms with Gasteiger partial charge in [0.25, 0.3) is 0 Å². The highest BCUT2D eigenvalue weighted by atomic mass is 16.8. The van der Waals surface area contributed by atoms with E-state index in [2.05, 4.69) is 15.0 Å². The Morgan fingerprint density at radius 2 is 1.78 bits per heavy atom. The van der Waals surface area contributed by atoms with Crippen LogP contribution in [-0.4, -0.2) is 62.1 Å². The number of nitrogen functional groups attached to an aromatic ring is 1. The highest BCUT2D eigenvalue weighted by Crippen LogP contribution is 2.46. The number of ether oxygens (including phenoxy) is 5. The minimum Gasteiger partial charge on any atom is -0.382 e. The van der Waals surface area contributed by atoms with Gasteiger partial charge in [-0.05, 0) is 27.7 Å². The number of hydrogen-bond donors (Lipinski definition) is 1. The van der Waals surface area contributed by atoms with Crippen molar-refractivity contribution < 1.29 is 23.7 Å². The number of nitrogens with zero attached hydrogens (tertiary/aromatic N) is 4. The van der Waals surface area contributed by atoms with E-state index < -0.39 is 17.8 Å². The maximum absolute atomic E-state index is 6.36. The fourth-order valence-electron chi connectivity index (χ4n) is 4.06. The van der Waals surface area contributed by atoms with Gasteiger partial charge in [-0.2, -0.15) is 0 Å². The molecular weight excluding hydrogens is 354 g/mol. The monoisotopic (exact) mass is 377 g/mol. The number of hydrogen-bond acceptors (Lipinski definition) is 9. The fraction of sp³-hybridized carbons (Fsp3) is 0.706. The first kappa shape index (κ1) is 17.3. The lowest BCUT2D eigenvalue weighted by molar-refractivity contribution is -0.215. The van der Waals surface area contributed by atoms with Crippen LogP contribution in [-0.2, 0) is 23.7 Å². The average Bonchev–Trinajstić information content (AvgIpc) is 3.29.